The number of amides is 2. The summed E-state index contributed by atoms with van der Waals surface area (Å²) in [7, 11) is -2.01. The minimum atomic E-state index is -3.42. The molecule has 0 fully saturated rings. The van der Waals surface area contributed by atoms with E-state index in [9.17, 15) is 18.0 Å². The topological polar surface area (TPSA) is 105 Å². The van der Waals surface area contributed by atoms with Crippen LogP contribution in [0.15, 0.2) is 52.5 Å². The fraction of sp³-hybridized carbons (Fsp3) is 0.286. The van der Waals surface area contributed by atoms with Crippen LogP contribution in [0.2, 0.25) is 0 Å². The molecule has 1 aliphatic rings. The molecule has 30 heavy (non-hydrogen) atoms. The summed E-state index contributed by atoms with van der Waals surface area (Å²) in [5.74, 6) is -0.187. The normalized spacial score (nSPS) is 14.1. The number of hydrazone groups is 1. The van der Waals surface area contributed by atoms with Gasteiger partial charge in [0.05, 0.1) is 12.8 Å². The first-order valence-electron chi connectivity index (χ1n) is 9.34. The predicted molar refractivity (Wildman–Crippen MR) is 114 cm³/mol. The van der Waals surface area contributed by atoms with Crippen molar-refractivity contribution in [3.63, 3.8) is 0 Å². The van der Waals surface area contributed by atoms with Crippen LogP contribution >= 0.6 is 0 Å². The molecule has 2 amide bonds. The van der Waals surface area contributed by atoms with Crippen molar-refractivity contribution in [2.75, 3.05) is 25.2 Å². The molecule has 0 aliphatic carbocycles. The zero-order chi connectivity index (χ0) is 21.9. The molecule has 3 rings (SSSR count). The summed E-state index contributed by atoms with van der Waals surface area (Å²) in [6, 6.07) is 11.4. The fourth-order valence-corrected chi connectivity index (χ4v) is 4.02. The average molecular weight is 429 g/mol. The van der Waals surface area contributed by atoms with Crippen LogP contribution in [0.3, 0.4) is 0 Å². The molecule has 158 valence electrons. The first kappa shape index (κ1) is 21.5. The third kappa shape index (κ3) is 4.85. The van der Waals surface area contributed by atoms with Crippen LogP contribution in [0, 0.1) is 0 Å². The Morgan fingerprint density at radius 2 is 1.83 bits per heavy atom. The van der Waals surface area contributed by atoms with Crippen LogP contribution in [-0.4, -0.2) is 50.9 Å². The summed E-state index contributed by atoms with van der Waals surface area (Å²) in [4.78, 5) is 24.1. The Morgan fingerprint density at radius 3 is 2.43 bits per heavy atom. The Morgan fingerprint density at radius 1 is 1.13 bits per heavy atom. The van der Waals surface area contributed by atoms with E-state index in [-0.39, 0.29) is 22.5 Å². The minimum absolute atomic E-state index is 0.109. The van der Waals surface area contributed by atoms with Crippen molar-refractivity contribution in [1.82, 2.24) is 5.01 Å². The SMILES string of the molecule is COc1cc(C2=NN(C(=O)c3ccc(NC(C)=O)cc3)CCC2)ccc1S(C)(=O)=O. The second-order valence-corrected chi connectivity index (χ2v) is 8.96. The van der Waals surface area contributed by atoms with Crippen molar-refractivity contribution in [2.45, 2.75) is 24.7 Å². The molecule has 0 saturated heterocycles. The highest BCUT2D eigenvalue weighted by Gasteiger charge is 2.22. The van der Waals surface area contributed by atoms with E-state index in [0.717, 1.165) is 12.7 Å². The second kappa shape index (κ2) is 8.66. The predicted octanol–water partition coefficient (Wildman–Crippen LogP) is 2.70. The average Bonchev–Trinajstić information content (AvgIpc) is 2.72. The molecule has 0 bridgehead atoms. The van der Waals surface area contributed by atoms with Gasteiger partial charge in [-0.05, 0) is 49.2 Å². The first-order chi connectivity index (χ1) is 14.2. The number of hydrogen-bond donors (Lipinski definition) is 1. The third-order valence-corrected chi connectivity index (χ3v) is 5.74. The van der Waals surface area contributed by atoms with Gasteiger partial charge in [-0.15, -0.1) is 0 Å². The number of benzene rings is 2. The highest BCUT2D eigenvalue weighted by Crippen LogP contribution is 2.27. The lowest BCUT2D eigenvalue weighted by Gasteiger charge is -2.24. The Balaban J connectivity index is 1.86. The van der Waals surface area contributed by atoms with Crippen LogP contribution in [0.4, 0.5) is 5.69 Å². The second-order valence-electron chi connectivity index (χ2n) is 6.97. The standard InChI is InChI=1S/C21H23N3O5S/c1-14(25)22-17-9-6-15(7-10-17)21(26)24-12-4-5-18(23-24)16-8-11-20(30(3,27)28)19(13-16)29-2/h6-11,13H,4-5,12H2,1-3H3,(H,22,25). The molecule has 1 heterocycles. The fourth-order valence-electron chi connectivity index (χ4n) is 3.19. The van der Waals surface area contributed by atoms with Crippen molar-refractivity contribution >= 4 is 33.1 Å². The summed E-state index contributed by atoms with van der Waals surface area (Å²) < 4.78 is 29.0. The lowest BCUT2D eigenvalue weighted by atomic mass is 10.0. The third-order valence-electron chi connectivity index (χ3n) is 4.61. The maximum Gasteiger partial charge on any atom is 0.273 e. The van der Waals surface area contributed by atoms with Crippen molar-refractivity contribution in [3.8, 4) is 5.75 Å². The number of carbonyl (C=O) groups excluding carboxylic acids is 2. The molecule has 2 aromatic rings. The zero-order valence-electron chi connectivity index (χ0n) is 17.0. The van der Waals surface area contributed by atoms with Gasteiger partial charge >= 0.3 is 0 Å². The lowest BCUT2D eigenvalue weighted by Crippen LogP contribution is -2.32. The van der Waals surface area contributed by atoms with Crippen molar-refractivity contribution in [3.05, 3.63) is 53.6 Å². The van der Waals surface area contributed by atoms with Crippen LogP contribution < -0.4 is 10.1 Å². The molecule has 1 N–H and O–H groups in total. The summed E-state index contributed by atoms with van der Waals surface area (Å²) in [6.45, 7) is 1.90. The molecule has 0 atom stereocenters. The summed E-state index contributed by atoms with van der Waals surface area (Å²) in [5.41, 5.74) is 2.46. The van der Waals surface area contributed by atoms with E-state index < -0.39 is 9.84 Å². The molecule has 2 aromatic carbocycles. The smallest absolute Gasteiger partial charge is 0.273 e. The number of nitrogens with one attached hydrogen (secondary N) is 1. The van der Waals surface area contributed by atoms with Gasteiger partial charge < -0.3 is 10.1 Å². The number of methoxy groups -OCH3 is 1. The largest absolute Gasteiger partial charge is 0.495 e. The van der Waals surface area contributed by atoms with Gasteiger partial charge in [0.1, 0.15) is 10.6 Å². The van der Waals surface area contributed by atoms with Gasteiger partial charge in [0.15, 0.2) is 9.84 Å². The van der Waals surface area contributed by atoms with E-state index in [1.807, 2.05) is 0 Å². The van der Waals surface area contributed by atoms with Crippen molar-refractivity contribution < 1.29 is 22.7 Å². The molecule has 0 spiro atoms. The Hall–Kier alpha value is -3.20. The van der Waals surface area contributed by atoms with Crippen molar-refractivity contribution in [2.24, 2.45) is 5.10 Å². The van der Waals surface area contributed by atoms with E-state index in [1.54, 1.807) is 36.4 Å². The van der Waals surface area contributed by atoms with Crippen LogP contribution in [0.1, 0.15) is 35.7 Å². The maximum atomic E-state index is 12.8. The molecule has 1 aliphatic heterocycles. The van der Waals surface area contributed by atoms with Gasteiger partial charge in [0.2, 0.25) is 5.91 Å². The lowest BCUT2D eigenvalue weighted by molar-refractivity contribution is -0.114. The maximum absolute atomic E-state index is 12.8. The number of anilines is 1. The molecule has 8 nitrogen and oxygen atoms in total. The quantitative estimate of drug-likeness (QED) is 0.787. The van der Waals surface area contributed by atoms with Gasteiger partial charge in [0, 0.05) is 36.5 Å². The van der Waals surface area contributed by atoms with E-state index >= 15 is 0 Å². The molecular weight excluding hydrogens is 406 g/mol. The molecular formula is C21H23N3O5S. The highest BCUT2D eigenvalue weighted by molar-refractivity contribution is 7.90. The van der Waals surface area contributed by atoms with Crippen LogP contribution in [-0.2, 0) is 14.6 Å². The van der Waals surface area contributed by atoms with E-state index in [4.69, 9.17) is 4.74 Å². The van der Waals surface area contributed by atoms with E-state index in [0.29, 0.717) is 35.5 Å². The van der Waals surface area contributed by atoms with Gasteiger partial charge in [-0.1, -0.05) is 6.07 Å². The van der Waals surface area contributed by atoms with E-state index in [2.05, 4.69) is 10.4 Å². The van der Waals surface area contributed by atoms with Crippen molar-refractivity contribution in [1.29, 1.82) is 0 Å². The number of rotatable bonds is 5. The highest BCUT2D eigenvalue weighted by atomic mass is 32.2. The summed E-state index contributed by atoms with van der Waals surface area (Å²) in [6.07, 6.45) is 2.51. The zero-order valence-corrected chi connectivity index (χ0v) is 17.8. The molecule has 0 aromatic heterocycles. The number of sulfone groups is 1. The number of nitrogens with zero attached hydrogens (tertiary/aromatic N) is 2. The van der Waals surface area contributed by atoms with Gasteiger partial charge in [-0.2, -0.15) is 5.10 Å². The Kier molecular flexibility index (Phi) is 6.21. The van der Waals surface area contributed by atoms with Gasteiger partial charge in [0.25, 0.3) is 5.91 Å². The van der Waals surface area contributed by atoms with Gasteiger partial charge in [-0.3, -0.25) is 9.59 Å². The molecule has 0 radical (unpaired) electrons. The van der Waals surface area contributed by atoms with Gasteiger partial charge in [-0.25, -0.2) is 13.4 Å². The Labute approximate surface area is 175 Å². The Bertz CT molecular complexity index is 1110. The first-order valence-corrected chi connectivity index (χ1v) is 11.2. The molecule has 9 heteroatoms. The number of hydrogen-bond acceptors (Lipinski definition) is 6. The van der Waals surface area contributed by atoms with E-state index in [1.165, 1.54) is 25.1 Å². The number of ether oxygens (including phenoxy) is 1. The summed E-state index contributed by atoms with van der Waals surface area (Å²) in [5, 5.41) is 8.56. The monoisotopic (exact) mass is 429 g/mol. The number of carbonyl (C=O) groups is 2. The molecule has 0 unspecified atom stereocenters. The van der Waals surface area contributed by atoms with Crippen LogP contribution in [0.25, 0.3) is 0 Å². The summed E-state index contributed by atoms with van der Waals surface area (Å²) >= 11 is 0. The molecule has 0 saturated carbocycles. The minimum Gasteiger partial charge on any atom is -0.495 e. The van der Waals surface area contributed by atoms with Crippen LogP contribution in [0.5, 0.6) is 5.75 Å².